The highest BCUT2D eigenvalue weighted by molar-refractivity contribution is 7.16. The summed E-state index contributed by atoms with van der Waals surface area (Å²) >= 11 is 7.57. The number of pyridine rings is 2. The lowest BCUT2D eigenvalue weighted by Crippen LogP contribution is -2.15. The molecule has 1 amide bonds. The van der Waals surface area contributed by atoms with Crippen LogP contribution in [0, 0.1) is 5.92 Å². The predicted octanol–water partition coefficient (Wildman–Crippen LogP) is 5.68. The van der Waals surface area contributed by atoms with Crippen LogP contribution < -0.4 is 10.6 Å². The van der Waals surface area contributed by atoms with E-state index in [9.17, 15) is 4.79 Å². The molecule has 162 valence electrons. The molecule has 8 heteroatoms. The molecule has 2 atom stereocenters. The molecule has 0 aliphatic heterocycles. The van der Waals surface area contributed by atoms with E-state index in [2.05, 4.69) is 44.5 Å². The van der Waals surface area contributed by atoms with Gasteiger partial charge in [0.2, 0.25) is 5.91 Å². The minimum absolute atomic E-state index is 0.0102. The van der Waals surface area contributed by atoms with Crippen molar-refractivity contribution in [1.29, 1.82) is 0 Å². The molecule has 2 N–H and O–H groups in total. The largest absolute Gasteiger partial charge is 0.379 e. The van der Waals surface area contributed by atoms with Crippen molar-refractivity contribution in [2.45, 2.75) is 37.6 Å². The zero-order valence-electron chi connectivity index (χ0n) is 17.3. The molecule has 0 aromatic carbocycles. The van der Waals surface area contributed by atoms with Crippen molar-refractivity contribution < 1.29 is 4.79 Å². The van der Waals surface area contributed by atoms with Gasteiger partial charge in [-0.3, -0.25) is 4.79 Å². The van der Waals surface area contributed by atoms with Gasteiger partial charge in [0.1, 0.15) is 11.5 Å². The van der Waals surface area contributed by atoms with E-state index in [-0.39, 0.29) is 17.7 Å². The third-order valence-electron chi connectivity index (χ3n) is 6.14. The third kappa shape index (κ3) is 4.10. The molecule has 6 nitrogen and oxygen atoms in total. The van der Waals surface area contributed by atoms with Crippen LogP contribution in [0.4, 0.5) is 11.5 Å². The highest BCUT2D eigenvalue weighted by atomic mass is 35.5. The van der Waals surface area contributed by atoms with Gasteiger partial charge in [0.05, 0.1) is 16.6 Å². The molecule has 4 aromatic rings. The van der Waals surface area contributed by atoms with Crippen molar-refractivity contribution in [2.24, 2.45) is 5.92 Å². The molecule has 6 rings (SSSR count). The number of halogens is 1. The molecule has 0 radical (unpaired) electrons. The normalized spacial score (nSPS) is 19.8. The van der Waals surface area contributed by atoms with Gasteiger partial charge in [0.15, 0.2) is 0 Å². The summed E-state index contributed by atoms with van der Waals surface area (Å²) in [6, 6.07) is 11.9. The van der Waals surface area contributed by atoms with Crippen molar-refractivity contribution in [2.75, 3.05) is 10.6 Å². The second kappa shape index (κ2) is 7.90. The fourth-order valence-corrected chi connectivity index (χ4v) is 5.39. The minimum Gasteiger partial charge on any atom is -0.379 e. The number of imidazole rings is 1. The Kier molecular flexibility index (Phi) is 4.88. The van der Waals surface area contributed by atoms with Crippen LogP contribution in [0.15, 0.2) is 55.0 Å². The number of amides is 1. The van der Waals surface area contributed by atoms with Gasteiger partial charge in [0, 0.05) is 47.1 Å². The first-order valence-electron chi connectivity index (χ1n) is 10.9. The van der Waals surface area contributed by atoms with Crippen LogP contribution in [0.2, 0.25) is 4.34 Å². The second-order valence-electron chi connectivity index (χ2n) is 8.60. The summed E-state index contributed by atoms with van der Waals surface area (Å²) in [4.78, 5) is 22.8. The fourth-order valence-electron chi connectivity index (χ4n) is 4.15. The Bertz CT molecular complexity index is 1310. The molecular weight excluding hydrogens is 442 g/mol. The van der Waals surface area contributed by atoms with Crippen LogP contribution in [0.25, 0.3) is 5.65 Å². The Balaban J connectivity index is 1.08. The number of anilines is 2. The van der Waals surface area contributed by atoms with Gasteiger partial charge < -0.3 is 15.0 Å². The number of fused-ring (bicyclic) bond motifs is 1. The summed E-state index contributed by atoms with van der Waals surface area (Å²) in [5.74, 6) is 1.55. The lowest BCUT2D eigenvalue weighted by atomic mass is 10.2. The van der Waals surface area contributed by atoms with Gasteiger partial charge in [0.25, 0.3) is 0 Å². The summed E-state index contributed by atoms with van der Waals surface area (Å²) in [5, 5.41) is 6.34. The Labute approximate surface area is 194 Å². The molecule has 32 heavy (non-hydrogen) atoms. The van der Waals surface area contributed by atoms with Crippen LogP contribution in [0.1, 0.15) is 47.2 Å². The average molecular weight is 464 g/mol. The molecule has 0 saturated heterocycles. The molecule has 4 aromatic heterocycles. The summed E-state index contributed by atoms with van der Waals surface area (Å²) in [5.41, 5.74) is 4.21. The maximum absolute atomic E-state index is 12.6. The van der Waals surface area contributed by atoms with E-state index in [0.717, 1.165) is 33.7 Å². The molecule has 0 spiro atoms. The highest BCUT2D eigenvalue weighted by Crippen LogP contribution is 2.50. The van der Waals surface area contributed by atoms with E-state index < -0.39 is 0 Å². The number of hydrogen-bond acceptors (Lipinski definition) is 5. The molecule has 2 fully saturated rings. The zero-order chi connectivity index (χ0) is 21.7. The van der Waals surface area contributed by atoms with Gasteiger partial charge >= 0.3 is 0 Å². The van der Waals surface area contributed by atoms with E-state index >= 15 is 0 Å². The number of thiophene rings is 1. The van der Waals surface area contributed by atoms with Gasteiger partial charge in [-0.25, -0.2) is 9.97 Å². The van der Waals surface area contributed by atoms with E-state index in [1.165, 1.54) is 23.3 Å². The summed E-state index contributed by atoms with van der Waals surface area (Å²) in [7, 11) is 0. The lowest BCUT2D eigenvalue weighted by molar-refractivity contribution is -0.117. The number of aromatic nitrogens is 3. The molecule has 2 unspecified atom stereocenters. The van der Waals surface area contributed by atoms with Gasteiger partial charge in [-0.05, 0) is 55.0 Å². The Hall–Kier alpha value is -2.90. The van der Waals surface area contributed by atoms with Crippen LogP contribution in [0.3, 0.4) is 0 Å². The van der Waals surface area contributed by atoms with Crippen molar-refractivity contribution in [1.82, 2.24) is 14.4 Å². The van der Waals surface area contributed by atoms with E-state index in [1.807, 2.05) is 24.3 Å². The van der Waals surface area contributed by atoms with Crippen molar-refractivity contribution >= 4 is 46.0 Å². The van der Waals surface area contributed by atoms with Crippen LogP contribution >= 0.6 is 22.9 Å². The molecule has 4 heterocycles. The van der Waals surface area contributed by atoms with Crippen LogP contribution in [-0.2, 0) is 11.3 Å². The number of hydrogen-bond donors (Lipinski definition) is 2. The number of carbonyl (C=O) groups excluding carboxylic acids is 1. The zero-order valence-corrected chi connectivity index (χ0v) is 18.9. The number of carbonyl (C=O) groups is 1. The Morgan fingerprint density at radius 3 is 2.91 bits per heavy atom. The molecule has 2 aliphatic carbocycles. The topological polar surface area (TPSA) is 71.3 Å². The maximum Gasteiger partial charge on any atom is 0.229 e. The maximum atomic E-state index is 12.6. The van der Waals surface area contributed by atoms with E-state index in [4.69, 9.17) is 16.6 Å². The van der Waals surface area contributed by atoms with Crippen molar-refractivity contribution in [3.8, 4) is 0 Å². The van der Waals surface area contributed by atoms with Gasteiger partial charge in [-0.2, -0.15) is 0 Å². The summed E-state index contributed by atoms with van der Waals surface area (Å²) in [6.07, 6.45) is 9.41. The number of rotatable bonds is 7. The average Bonchev–Trinajstić information content (AvgIpc) is 3.71. The molecule has 0 bridgehead atoms. The number of nitrogens with one attached hydrogen (secondary N) is 2. The van der Waals surface area contributed by atoms with Crippen molar-refractivity contribution in [3.05, 3.63) is 75.5 Å². The first kappa shape index (κ1) is 19.8. The lowest BCUT2D eigenvalue weighted by Gasteiger charge is -2.08. The smallest absolute Gasteiger partial charge is 0.229 e. The van der Waals surface area contributed by atoms with Crippen LogP contribution in [-0.4, -0.2) is 20.3 Å². The highest BCUT2D eigenvalue weighted by Gasteiger charge is 2.44. The molecule has 2 aliphatic rings. The van der Waals surface area contributed by atoms with Gasteiger partial charge in [-0.1, -0.05) is 17.7 Å². The summed E-state index contributed by atoms with van der Waals surface area (Å²) in [6.45, 7) is 0.599. The van der Waals surface area contributed by atoms with Crippen molar-refractivity contribution in [3.63, 3.8) is 0 Å². The fraction of sp³-hybridized carbons (Fsp3) is 0.292. The van der Waals surface area contributed by atoms with E-state index in [0.29, 0.717) is 12.4 Å². The quantitative estimate of drug-likeness (QED) is 0.370. The Morgan fingerprint density at radius 2 is 2.09 bits per heavy atom. The minimum atomic E-state index is -0.0124. The SMILES string of the molecule is O=C(Nc1cc(NCc2cn3cc(C4CC4)ccc3n2)ccn1)C1CC1c1ccc(Cl)s1. The molecule has 2 saturated carbocycles. The molecular formula is C24H22ClN5OS. The standard InChI is InChI=1S/C24H22ClN5OS/c25-21-5-4-20(32-21)18-10-19(18)24(31)29-22-9-16(7-8-26-22)27-11-17-13-30-12-15(14-1-2-14)3-6-23(30)28-17/h3-9,12-14,18-19H,1-2,10-11H2,(H2,26,27,29,31). The summed E-state index contributed by atoms with van der Waals surface area (Å²) < 4.78 is 2.87. The first-order valence-corrected chi connectivity index (χ1v) is 12.1. The van der Waals surface area contributed by atoms with Crippen LogP contribution in [0.5, 0.6) is 0 Å². The third-order valence-corrected chi connectivity index (χ3v) is 7.51. The van der Waals surface area contributed by atoms with E-state index in [1.54, 1.807) is 17.5 Å². The monoisotopic (exact) mass is 463 g/mol. The van der Waals surface area contributed by atoms with Gasteiger partial charge in [-0.15, -0.1) is 11.3 Å². The number of nitrogens with zero attached hydrogens (tertiary/aromatic N) is 3. The Morgan fingerprint density at radius 1 is 1.19 bits per heavy atom. The second-order valence-corrected chi connectivity index (χ2v) is 10.3. The first-order chi connectivity index (χ1) is 15.6. The predicted molar refractivity (Wildman–Crippen MR) is 128 cm³/mol.